The van der Waals surface area contributed by atoms with Crippen molar-refractivity contribution in [2.24, 2.45) is 0 Å². The van der Waals surface area contributed by atoms with Crippen molar-refractivity contribution in [2.45, 2.75) is 13.0 Å². The van der Waals surface area contributed by atoms with E-state index in [1.165, 1.54) is 24.3 Å². The van der Waals surface area contributed by atoms with Gasteiger partial charge in [-0.25, -0.2) is 13.1 Å². The fourth-order valence-corrected chi connectivity index (χ4v) is 2.59. The fourth-order valence-electron chi connectivity index (χ4n) is 1.25. The minimum Gasteiger partial charge on any atom is -0.258 e. The second-order valence-corrected chi connectivity index (χ2v) is 5.91. The van der Waals surface area contributed by atoms with Crippen molar-refractivity contribution >= 4 is 27.3 Å². The second kappa shape index (κ2) is 6.67. The number of halogens is 1. The van der Waals surface area contributed by atoms with Gasteiger partial charge < -0.3 is 0 Å². The van der Waals surface area contributed by atoms with Gasteiger partial charge in [-0.15, -0.1) is 11.6 Å². The van der Waals surface area contributed by atoms with Crippen LogP contribution in [-0.4, -0.2) is 25.0 Å². The number of nitro groups is 1. The summed E-state index contributed by atoms with van der Waals surface area (Å²) in [5.41, 5.74) is 0.638. The van der Waals surface area contributed by atoms with Crippen LogP contribution in [0.25, 0.3) is 0 Å². The summed E-state index contributed by atoms with van der Waals surface area (Å²) < 4.78 is 25.3. The largest absolute Gasteiger partial charge is 0.269 e. The summed E-state index contributed by atoms with van der Waals surface area (Å²) in [5, 5.41) is 10.4. The van der Waals surface area contributed by atoms with Crippen molar-refractivity contribution in [1.29, 1.82) is 0 Å². The van der Waals surface area contributed by atoms with Crippen molar-refractivity contribution in [3.05, 3.63) is 39.9 Å². The highest BCUT2D eigenvalue weighted by Gasteiger charge is 2.10. The van der Waals surface area contributed by atoms with Gasteiger partial charge in [-0.1, -0.05) is 12.1 Å². The van der Waals surface area contributed by atoms with Crippen LogP contribution in [0, 0.1) is 10.1 Å². The topological polar surface area (TPSA) is 89.3 Å². The number of nitrogens with zero attached hydrogens (tertiary/aromatic N) is 1. The summed E-state index contributed by atoms with van der Waals surface area (Å²) in [4.78, 5) is 9.92. The van der Waals surface area contributed by atoms with Gasteiger partial charge >= 0.3 is 0 Å². The molecule has 100 valence electrons. The molecule has 0 spiro atoms. The summed E-state index contributed by atoms with van der Waals surface area (Å²) in [6.45, 7) is 0.114. The summed E-state index contributed by atoms with van der Waals surface area (Å²) in [5.74, 6) is 0.266. The van der Waals surface area contributed by atoms with Gasteiger partial charge in [0.05, 0.1) is 10.7 Å². The van der Waals surface area contributed by atoms with Crippen LogP contribution < -0.4 is 4.72 Å². The number of hydrogen-bond donors (Lipinski definition) is 1. The van der Waals surface area contributed by atoms with E-state index < -0.39 is 14.9 Å². The molecule has 0 heterocycles. The number of nitrogens with one attached hydrogen (secondary N) is 1. The minimum atomic E-state index is -3.34. The lowest BCUT2D eigenvalue weighted by atomic mass is 10.2. The first kappa shape index (κ1) is 14.9. The molecule has 1 aromatic rings. The Hall–Kier alpha value is -1.18. The van der Waals surface area contributed by atoms with Gasteiger partial charge in [0, 0.05) is 24.6 Å². The summed E-state index contributed by atoms with van der Waals surface area (Å²) in [6.07, 6.45) is 0.386. The quantitative estimate of drug-likeness (QED) is 0.470. The molecule has 0 atom stereocenters. The first-order chi connectivity index (χ1) is 8.44. The molecule has 8 heteroatoms. The molecule has 1 rings (SSSR count). The predicted molar refractivity (Wildman–Crippen MR) is 69.1 cm³/mol. The third-order valence-corrected chi connectivity index (χ3v) is 3.87. The van der Waals surface area contributed by atoms with Gasteiger partial charge in [-0.05, 0) is 12.0 Å². The second-order valence-electron chi connectivity index (χ2n) is 3.61. The molecule has 0 aliphatic rings. The van der Waals surface area contributed by atoms with Crippen molar-refractivity contribution in [3.8, 4) is 0 Å². The van der Waals surface area contributed by atoms with E-state index in [1.807, 2.05) is 0 Å². The molecule has 0 amide bonds. The van der Waals surface area contributed by atoms with Crippen LogP contribution in [0.4, 0.5) is 5.69 Å². The van der Waals surface area contributed by atoms with Crippen LogP contribution in [0.5, 0.6) is 0 Å². The number of non-ortho nitro benzene ring substituents is 1. The lowest BCUT2D eigenvalue weighted by Crippen LogP contribution is -2.26. The van der Waals surface area contributed by atoms with Gasteiger partial charge in [0.15, 0.2) is 0 Å². The van der Waals surface area contributed by atoms with Gasteiger partial charge in [-0.3, -0.25) is 10.1 Å². The average molecular weight is 293 g/mol. The first-order valence-electron chi connectivity index (χ1n) is 5.21. The summed E-state index contributed by atoms with van der Waals surface area (Å²) in [6, 6.07) is 5.70. The SMILES string of the molecule is O=[N+]([O-])c1ccc(CNS(=O)(=O)CCCCl)cc1. The van der Waals surface area contributed by atoms with Crippen LogP contribution in [0.15, 0.2) is 24.3 Å². The number of alkyl halides is 1. The summed E-state index contributed by atoms with van der Waals surface area (Å²) in [7, 11) is -3.34. The van der Waals surface area contributed by atoms with Crippen molar-refractivity contribution < 1.29 is 13.3 Å². The molecular weight excluding hydrogens is 280 g/mol. The zero-order chi connectivity index (χ0) is 13.6. The minimum absolute atomic E-state index is 0.0243. The van der Waals surface area contributed by atoms with Gasteiger partial charge in [0.25, 0.3) is 5.69 Å². The van der Waals surface area contributed by atoms with Crippen LogP contribution in [-0.2, 0) is 16.6 Å². The maximum absolute atomic E-state index is 11.5. The van der Waals surface area contributed by atoms with E-state index in [2.05, 4.69) is 4.72 Å². The van der Waals surface area contributed by atoms with Gasteiger partial charge in [0.2, 0.25) is 10.0 Å². The van der Waals surface area contributed by atoms with Crippen molar-refractivity contribution in [1.82, 2.24) is 4.72 Å². The number of nitro benzene ring substituents is 1. The molecule has 0 unspecified atom stereocenters. The van der Waals surface area contributed by atoms with Crippen molar-refractivity contribution in [3.63, 3.8) is 0 Å². The molecule has 0 radical (unpaired) electrons. The number of sulfonamides is 1. The van der Waals surface area contributed by atoms with Crippen LogP contribution >= 0.6 is 11.6 Å². The molecule has 0 fully saturated rings. The van der Waals surface area contributed by atoms with Crippen LogP contribution in [0.2, 0.25) is 0 Å². The number of rotatable bonds is 7. The van der Waals surface area contributed by atoms with Gasteiger partial charge in [-0.2, -0.15) is 0 Å². The smallest absolute Gasteiger partial charge is 0.258 e. The molecule has 0 saturated carbocycles. The first-order valence-corrected chi connectivity index (χ1v) is 7.40. The Balaban J connectivity index is 2.56. The number of benzene rings is 1. The zero-order valence-corrected chi connectivity index (χ0v) is 11.1. The van der Waals surface area contributed by atoms with E-state index in [4.69, 9.17) is 11.6 Å². The van der Waals surface area contributed by atoms with E-state index in [-0.39, 0.29) is 18.0 Å². The third-order valence-electron chi connectivity index (χ3n) is 2.19. The maximum atomic E-state index is 11.5. The Kier molecular flexibility index (Phi) is 5.52. The van der Waals surface area contributed by atoms with E-state index in [1.54, 1.807) is 0 Å². The van der Waals surface area contributed by atoms with Crippen LogP contribution in [0.3, 0.4) is 0 Å². The monoisotopic (exact) mass is 292 g/mol. The standard InChI is InChI=1S/C10H13ClN2O4S/c11-6-1-7-18(16,17)12-8-9-2-4-10(5-3-9)13(14)15/h2-5,12H,1,6-8H2. The Labute approximate surface area is 110 Å². The van der Waals surface area contributed by atoms with E-state index >= 15 is 0 Å². The summed E-state index contributed by atoms with van der Waals surface area (Å²) >= 11 is 5.42. The molecular formula is C10H13ClN2O4S. The molecule has 0 aliphatic carbocycles. The Morgan fingerprint density at radius 3 is 2.39 bits per heavy atom. The molecule has 1 N–H and O–H groups in total. The van der Waals surface area contributed by atoms with Crippen LogP contribution in [0.1, 0.15) is 12.0 Å². The maximum Gasteiger partial charge on any atom is 0.269 e. The molecule has 0 saturated heterocycles. The molecule has 0 aliphatic heterocycles. The normalized spacial score (nSPS) is 11.4. The van der Waals surface area contributed by atoms with E-state index in [0.717, 1.165) is 0 Å². The highest BCUT2D eigenvalue weighted by Crippen LogP contribution is 2.11. The lowest BCUT2D eigenvalue weighted by Gasteiger charge is -2.05. The fraction of sp³-hybridized carbons (Fsp3) is 0.400. The third kappa shape index (κ3) is 4.99. The Bertz CT molecular complexity index is 501. The molecule has 0 aromatic heterocycles. The van der Waals surface area contributed by atoms with E-state index in [0.29, 0.717) is 17.9 Å². The lowest BCUT2D eigenvalue weighted by molar-refractivity contribution is -0.384. The molecule has 1 aromatic carbocycles. The molecule has 18 heavy (non-hydrogen) atoms. The Morgan fingerprint density at radius 1 is 1.28 bits per heavy atom. The highest BCUT2D eigenvalue weighted by atomic mass is 35.5. The number of hydrogen-bond acceptors (Lipinski definition) is 4. The molecule has 6 nitrogen and oxygen atoms in total. The highest BCUT2D eigenvalue weighted by molar-refractivity contribution is 7.89. The zero-order valence-electron chi connectivity index (χ0n) is 9.50. The van der Waals surface area contributed by atoms with Crippen molar-refractivity contribution in [2.75, 3.05) is 11.6 Å². The average Bonchev–Trinajstić information content (AvgIpc) is 2.35. The van der Waals surface area contributed by atoms with E-state index in [9.17, 15) is 18.5 Å². The predicted octanol–water partition coefficient (Wildman–Crippen LogP) is 1.64. The molecule has 0 bridgehead atoms. The Morgan fingerprint density at radius 2 is 1.89 bits per heavy atom. The van der Waals surface area contributed by atoms with Gasteiger partial charge in [0.1, 0.15) is 0 Å².